The predicted octanol–water partition coefficient (Wildman–Crippen LogP) is 2.73. The zero-order chi connectivity index (χ0) is 20.1. The number of nitrogens with zero attached hydrogens (tertiary/aromatic N) is 2. The molecule has 28 heavy (non-hydrogen) atoms. The van der Waals surface area contributed by atoms with E-state index in [1.807, 2.05) is 0 Å². The maximum Gasteiger partial charge on any atom is 0.261 e. The number of hydrogen-bond donors (Lipinski definition) is 1. The Balaban J connectivity index is 1.91. The fraction of sp³-hybridized carbons (Fsp3) is 0.105. The number of aromatic nitrogens is 1. The third-order valence-corrected chi connectivity index (χ3v) is 3.95. The lowest BCUT2D eigenvalue weighted by molar-refractivity contribution is -0.114. The van der Waals surface area contributed by atoms with Crippen LogP contribution >= 0.6 is 0 Å². The second-order valence-electron chi connectivity index (χ2n) is 5.65. The van der Waals surface area contributed by atoms with Crippen LogP contribution in [0.15, 0.2) is 53.9 Å². The van der Waals surface area contributed by atoms with Crippen molar-refractivity contribution in [2.24, 2.45) is 0 Å². The van der Waals surface area contributed by atoms with Crippen molar-refractivity contribution in [3.63, 3.8) is 0 Å². The van der Waals surface area contributed by atoms with Gasteiger partial charge in [-0.05, 0) is 30.3 Å². The summed E-state index contributed by atoms with van der Waals surface area (Å²) < 4.78 is 43.6. The van der Waals surface area contributed by atoms with Crippen LogP contribution in [0, 0.1) is 11.6 Å². The molecule has 2 aromatic rings. The fourth-order valence-electron chi connectivity index (χ4n) is 2.67. The monoisotopic (exact) mass is 389 g/mol. The number of hydrogen-bond acceptors (Lipinski definition) is 4. The van der Waals surface area contributed by atoms with E-state index in [-0.39, 0.29) is 23.7 Å². The van der Waals surface area contributed by atoms with Crippen molar-refractivity contribution in [1.29, 1.82) is 0 Å². The number of nitrogens with one attached hydrogen (secondary N) is 1. The predicted molar refractivity (Wildman–Crippen MR) is 94.8 cm³/mol. The van der Waals surface area contributed by atoms with Crippen LogP contribution in [0.4, 0.5) is 19.0 Å². The van der Waals surface area contributed by atoms with Gasteiger partial charge in [-0.2, -0.15) is 0 Å². The van der Waals surface area contributed by atoms with Crippen LogP contribution in [0.2, 0.25) is 0 Å². The molecule has 2 heterocycles. The number of pyridine rings is 1. The molecule has 0 unspecified atom stereocenters. The van der Waals surface area contributed by atoms with Gasteiger partial charge >= 0.3 is 0 Å². The van der Waals surface area contributed by atoms with Crippen molar-refractivity contribution in [2.75, 3.05) is 18.3 Å². The number of carbonyl (C=O) groups excluding carboxylic acids is 2. The molecule has 1 aliphatic heterocycles. The maximum atomic E-state index is 13.3. The minimum atomic E-state index is -1.14. The number of halogens is 3. The summed E-state index contributed by atoms with van der Waals surface area (Å²) in [5.74, 6) is -1.45. The van der Waals surface area contributed by atoms with Gasteiger partial charge in [-0.1, -0.05) is 6.08 Å². The molecule has 0 saturated carbocycles. The molecule has 1 N–H and O–H groups in total. The highest BCUT2D eigenvalue weighted by Crippen LogP contribution is 2.26. The van der Waals surface area contributed by atoms with Crippen LogP contribution in [0.3, 0.4) is 0 Å². The summed E-state index contributed by atoms with van der Waals surface area (Å²) in [6, 6.07) is 6.04. The Morgan fingerprint density at radius 2 is 1.96 bits per heavy atom. The molecular weight excluding hydrogens is 375 g/mol. The van der Waals surface area contributed by atoms with Crippen LogP contribution in [0.1, 0.15) is 5.56 Å². The van der Waals surface area contributed by atoms with Crippen molar-refractivity contribution in [3.8, 4) is 5.75 Å². The molecule has 2 amide bonds. The van der Waals surface area contributed by atoms with Crippen LogP contribution in [0.5, 0.6) is 5.75 Å². The molecule has 0 spiro atoms. The lowest BCUT2D eigenvalue weighted by atomic mass is 10.1. The molecule has 1 aliphatic rings. The summed E-state index contributed by atoms with van der Waals surface area (Å²) in [6.45, 7) is -1.12. The highest BCUT2D eigenvalue weighted by atomic mass is 19.1. The molecule has 0 bridgehead atoms. The summed E-state index contributed by atoms with van der Waals surface area (Å²) in [4.78, 5) is 28.7. The number of rotatable bonds is 7. The highest BCUT2D eigenvalue weighted by Gasteiger charge is 2.30. The van der Waals surface area contributed by atoms with E-state index in [9.17, 15) is 22.8 Å². The van der Waals surface area contributed by atoms with Gasteiger partial charge in [-0.25, -0.2) is 18.2 Å². The first-order valence-electron chi connectivity index (χ1n) is 8.06. The molecule has 0 saturated heterocycles. The molecule has 0 aliphatic carbocycles. The van der Waals surface area contributed by atoms with E-state index in [4.69, 9.17) is 4.74 Å². The van der Waals surface area contributed by atoms with Gasteiger partial charge in [0.05, 0.1) is 24.0 Å². The quantitative estimate of drug-likeness (QED) is 0.740. The van der Waals surface area contributed by atoms with Gasteiger partial charge in [0.15, 0.2) is 0 Å². The highest BCUT2D eigenvalue weighted by molar-refractivity contribution is 6.11. The summed E-state index contributed by atoms with van der Waals surface area (Å²) in [7, 11) is 0. The van der Waals surface area contributed by atoms with Gasteiger partial charge in [-0.3, -0.25) is 14.5 Å². The van der Waals surface area contributed by atoms with Crippen molar-refractivity contribution >= 4 is 24.2 Å². The summed E-state index contributed by atoms with van der Waals surface area (Å²) >= 11 is 0. The number of anilines is 1. The van der Waals surface area contributed by atoms with E-state index in [2.05, 4.69) is 10.3 Å². The Kier molecular flexibility index (Phi) is 5.73. The largest absolute Gasteiger partial charge is 0.462 e. The third-order valence-electron chi connectivity index (χ3n) is 3.95. The van der Waals surface area contributed by atoms with Gasteiger partial charge in [0.1, 0.15) is 23.2 Å². The molecular formula is C19H14F3N3O3. The van der Waals surface area contributed by atoms with Crippen LogP contribution < -0.4 is 15.0 Å². The average Bonchev–Trinajstić information content (AvgIpc) is 2.98. The first kappa shape index (κ1) is 19.2. The van der Waals surface area contributed by atoms with Crippen LogP contribution in [-0.4, -0.2) is 30.7 Å². The lowest BCUT2D eigenvalue weighted by Crippen LogP contribution is -2.28. The molecule has 9 heteroatoms. The summed E-state index contributed by atoms with van der Waals surface area (Å²) in [5, 5.41) is 2.45. The summed E-state index contributed by atoms with van der Waals surface area (Å²) in [5.41, 5.74) is 0.786. The molecule has 1 aromatic heterocycles. The molecule has 0 fully saturated rings. The van der Waals surface area contributed by atoms with Crippen molar-refractivity contribution in [3.05, 3.63) is 71.1 Å². The molecule has 3 rings (SSSR count). The third kappa shape index (κ3) is 4.03. The number of alkyl halides is 1. The van der Waals surface area contributed by atoms with Crippen molar-refractivity contribution in [1.82, 2.24) is 10.3 Å². The molecule has 6 nitrogen and oxygen atoms in total. The van der Waals surface area contributed by atoms with E-state index in [0.29, 0.717) is 17.7 Å². The lowest BCUT2D eigenvalue weighted by Gasteiger charge is -2.15. The van der Waals surface area contributed by atoms with E-state index < -0.39 is 24.4 Å². The topological polar surface area (TPSA) is 71.5 Å². The van der Waals surface area contributed by atoms with E-state index >= 15 is 0 Å². The minimum Gasteiger partial charge on any atom is -0.462 e. The van der Waals surface area contributed by atoms with E-state index in [1.54, 1.807) is 0 Å². The number of ether oxygens (including phenoxy) is 1. The standard InChI is InChI=1S/C19H14F3N3O3/c20-10-28-17-7-13(21)3-1-12(17)2-5-15-16(24-11-26)9-25(19(15)27)18-6-4-14(22)8-23-18/h1-8,11H,9-10H2,(H,24,26)/b5-2-. The maximum absolute atomic E-state index is 13.3. The van der Waals surface area contributed by atoms with Gasteiger partial charge in [-0.15, -0.1) is 0 Å². The number of carbonyl (C=O) groups is 2. The Bertz CT molecular complexity index is 959. The first-order chi connectivity index (χ1) is 13.5. The average molecular weight is 389 g/mol. The van der Waals surface area contributed by atoms with Crippen molar-refractivity contribution < 1.29 is 27.5 Å². The Morgan fingerprint density at radius 3 is 2.64 bits per heavy atom. The Morgan fingerprint density at radius 1 is 1.18 bits per heavy atom. The zero-order valence-electron chi connectivity index (χ0n) is 14.4. The first-order valence-corrected chi connectivity index (χ1v) is 8.06. The van der Waals surface area contributed by atoms with Crippen LogP contribution in [0.25, 0.3) is 6.08 Å². The summed E-state index contributed by atoms with van der Waals surface area (Å²) in [6.07, 6.45) is 4.23. The Labute approximate surface area is 157 Å². The van der Waals surface area contributed by atoms with Gasteiger partial charge in [0, 0.05) is 11.6 Å². The Hall–Kier alpha value is -3.62. The fourth-order valence-corrected chi connectivity index (χ4v) is 2.67. The van der Waals surface area contributed by atoms with E-state index in [0.717, 1.165) is 24.4 Å². The number of amides is 2. The van der Waals surface area contributed by atoms with E-state index in [1.165, 1.54) is 29.2 Å². The van der Waals surface area contributed by atoms with Gasteiger partial charge < -0.3 is 10.1 Å². The molecule has 144 valence electrons. The second-order valence-corrected chi connectivity index (χ2v) is 5.65. The number of benzene rings is 1. The molecule has 1 aromatic carbocycles. The SMILES string of the molecule is O=CNC1=C(/C=C\c2ccc(F)cc2OCF)C(=O)N(c2ccc(F)cn2)C1. The van der Waals surface area contributed by atoms with Gasteiger partial charge in [0.25, 0.3) is 5.91 Å². The molecule has 0 atom stereocenters. The normalized spacial score (nSPS) is 14.1. The second kappa shape index (κ2) is 8.38. The smallest absolute Gasteiger partial charge is 0.261 e. The van der Waals surface area contributed by atoms with Crippen LogP contribution in [-0.2, 0) is 9.59 Å². The van der Waals surface area contributed by atoms with Crippen molar-refractivity contribution in [2.45, 2.75) is 0 Å². The molecule has 0 radical (unpaired) electrons. The van der Waals surface area contributed by atoms with Gasteiger partial charge in [0.2, 0.25) is 13.3 Å². The minimum absolute atomic E-state index is 0.0210. The zero-order valence-corrected chi connectivity index (χ0v) is 14.4.